The van der Waals surface area contributed by atoms with Gasteiger partial charge in [-0.25, -0.2) is 4.39 Å². The highest BCUT2D eigenvalue weighted by molar-refractivity contribution is 14.1. The summed E-state index contributed by atoms with van der Waals surface area (Å²) in [5.74, 6) is -0.657. The Bertz CT molecular complexity index is 345. The van der Waals surface area contributed by atoms with Crippen molar-refractivity contribution >= 4 is 39.9 Å². The topological polar surface area (TPSA) is 43.1 Å². The van der Waals surface area contributed by atoms with E-state index in [1.807, 2.05) is 0 Å². The van der Waals surface area contributed by atoms with Crippen molar-refractivity contribution in [1.82, 2.24) is 0 Å². The fraction of sp³-hybridized carbons (Fsp3) is 0. The van der Waals surface area contributed by atoms with Crippen LogP contribution < -0.4 is 0 Å². The molecule has 1 rings (SSSR count). The van der Waals surface area contributed by atoms with Gasteiger partial charge in [0.1, 0.15) is 10.8 Å². The Labute approximate surface area is 85.8 Å². The second-order valence-corrected chi connectivity index (χ2v) is 3.52. The summed E-state index contributed by atoms with van der Waals surface area (Å²) in [7, 11) is 0. The van der Waals surface area contributed by atoms with E-state index in [1.165, 1.54) is 0 Å². The van der Waals surface area contributed by atoms with E-state index in [-0.39, 0.29) is 5.02 Å². The number of hydrogen-bond acceptors (Lipinski definition) is 2. The predicted molar refractivity (Wildman–Crippen MR) is 50.8 cm³/mol. The summed E-state index contributed by atoms with van der Waals surface area (Å²) in [5.41, 5.74) is -0.402. The van der Waals surface area contributed by atoms with Crippen molar-refractivity contribution in [2.24, 2.45) is 0 Å². The van der Waals surface area contributed by atoms with Gasteiger partial charge in [0.15, 0.2) is 0 Å². The number of hydrogen-bond donors (Lipinski definition) is 0. The Morgan fingerprint density at radius 3 is 2.67 bits per heavy atom. The minimum atomic E-state index is -0.715. The molecule has 12 heavy (non-hydrogen) atoms. The number of rotatable bonds is 1. The molecule has 0 aromatic heterocycles. The lowest BCUT2D eigenvalue weighted by Crippen LogP contribution is -1.92. The zero-order valence-electron chi connectivity index (χ0n) is 5.55. The lowest BCUT2D eigenvalue weighted by Gasteiger charge is -1.97. The summed E-state index contributed by atoms with van der Waals surface area (Å²) in [4.78, 5) is 9.56. The Morgan fingerprint density at radius 2 is 2.17 bits per heavy atom. The minimum absolute atomic E-state index is 0.0259. The highest BCUT2D eigenvalue weighted by Gasteiger charge is 2.16. The smallest absolute Gasteiger partial charge is 0.258 e. The van der Waals surface area contributed by atoms with Crippen molar-refractivity contribution in [2.75, 3.05) is 0 Å². The van der Waals surface area contributed by atoms with Crippen LogP contribution in [0.3, 0.4) is 0 Å². The Kier molecular flexibility index (Phi) is 2.84. The Balaban J connectivity index is 3.37. The van der Waals surface area contributed by atoms with E-state index in [1.54, 1.807) is 22.6 Å². The molecule has 0 spiro atoms. The zero-order chi connectivity index (χ0) is 9.30. The molecular weight excluding hydrogens is 299 g/mol. The SMILES string of the molecule is O=[N+]([O-])c1cc(F)cc(I)c1Cl. The van der Waals surface area contributed by atoms with Crippen molar-refractivity contribution in [3.05, 3.63) is 36.7 Å². The monoisotopic (exact) mass is 301 g/mol. The molecule has 0 bridgehead atoms. The molecule has 3 nitrogen and oxygen atoms in total. The molecule has 0 radical (unpaired) electrons. The number of nitro groups is 1. The number of nitro benzene ring substituents is 1. The fourth-order valence-corrected chi connectivity index (χ4v) is 1.43. The standard InChI is InChI=1S/C6H2ClFINO2/c7-6-4(9)1-3(8)2-5(6)10(11)12/h1-2H. The predicted octanol–water partition coefficient (Wildman–Crippen LogP) is 2.99. The Morgan fingerprint density at radius 1 is 1.58 bits per heavy atom. The number of nitrogens with zero attached hydrogens (tertiary/aromatic N) is 1. The molecular formula is C6H2ClFINO2. The third kappa shape index (κ3) is 1.84. The summed E-state index contributed by atoms with van der Waals surface area (Å²) in [6.45, 7) is 0. The summed E-state index contributed by atoms with van der Waals surface area (Å²) in [6.07, 6.45) is 0. The van der Waals surface area contributed by atoms with Crippen LogP contribution in [0.5, 0.6) is 0 Å². The van der Waals surface area contributed by atoms with Crippen molar-refractivity contribution in [3.63, 3.8) is 0 Å². The summed E-state index contributed by atoms with van der Waals surface area (Å²) in [6, 6.07) is 1.93. The van der Waals surface area contributed by atoms with Gasteiger partial charge < -0.3 is 0 Å². The number of halogens is 3. The third-order valence-corrected chi connectivity index (χ3v) is 2.74. The van der Waals surface area contributed by atoms with Crippen LogP contribution in [-0.2, 0) is 0 Å². The van der Waals surface area contributed by atoms with Gasteiger partial charge in [0.05, 0.1) is 11.0 Å². The van der Waals surface area contributed by atoms with Gasteiger partial charge in [0.2, 0.25) is 0 Å². The van der Waals surface area contributed by atoms with Crippen molar-refractivity contribution in [1.29, 1.82) is 0 Å². The molecule has 0 saturated carbocycles. The molecule has 0 heterocycles. The first-order valence-electron chi connectivity index (χ1n) is 2.81. The van der Waals surface area contributed by atoms with E-state index in [0.717, 1.165) is 12.1 Å². The van der Waals surface area contributed by atoms with Crippen molar-refractivity contribution in [3.8, 4) is 0 Å². The summed E-state index contributed by atoms with van der Waals surface area (Å²) < 4.78 is 12.9. The first-order valence-corrected chi connectivity index (χ1v) is 4.27. The van der Waals surface area contributed by atoms with Gasteiger partial charge in [-0.05, 0) is 28.7 Å². The van der Waals surface area contributed by atoms with Crippen LogP contribution >= 0.6 is 34.2 Å². The van der Waals surface area contributed by atoms with E-state index in [2.05, 4.69) is 0 Å². The first kappa shape index (κ1) is 9.66. The van der Waals surface area contributed by atoms with E-state index < -0.39 is 16.4 Å². The van der Waals surface area contributed by atoms with E-state index in [0.29, 0.717) is 3.57 Å². The second-order valence-electron chi connectivity index (χ2n) is 1.98. The van der Waals surface area contributed by atoms with Gasteiger partial charge in [0.25, 0.3) is 5.69 Å². The second kappa shape index (κ2) is 3.53. The van der Waals surface area contributed by atoms with Crippen LogP contribution in [0.2, 0.25) is 5.02 Å². The van der Waals surface area contributed by atoms with Crippen LogP contribution in [0.4, 0.5) is 10.1 Å². The molecule has 0 amide bonds. The lowest BCUT2D eigenvalue weighted by molar-refractivity contribution is -0.385. The van der Waals surface area contributed by atoms with Gasteiger partial charge in [0, 0.05) is 3.57 Å². The van der Waals surface area contributed by atoms with Gasteiger partial charge in [-0.3, -0.25) is 10.1 Å². The Hall–Kier alpha value is -0.430. The summed E-state index contributed by atoms with van der Waals surface area (Å²) in [5, 5.41) is 10.3. The average molecular weight is 301 g/mol. The minimum Gasteiger partial charge on any atom is -0.258 e. The van der Waals surface area contributed by atoms with Crippen LogP contribution in [0.25, 0.3) is 0 Å². The molecule has 1 aromatic carbocycles. The fourth-order valence-electron chi connectivity index (χ4n) is 0.675. The molecule has 0 unspecified atom stereocenters. The van der Waals surface area contributed by atoms with Crippen LogP contribution in [0.1, 0.15) is 0 Å². The molecule has 64 valence electrons. The lowest BCUT2D eigenvalue weighted by atomic mass is 10.3. The van der Waals surface area contributed by atoms with E-state index in [9.17, 15) is 14.5 Å². The largest absolute Gasteiger partial charge is 0.291 e. The highest BCUT2D eigenvalue weighted by Crippen LogP contribution is 2.29. The summed E-state index contributed by atoms with van der Waals surface area (Å²) >= 11 is 7.28. The first-order chi connectivity index (χ1) is 5.52. The molecule has 0 N–H and O–H groups in total. The van der Waals surface area contributed by atoms with Gasteiger partial charge in [-0.2, -0.15) is 0 Å². The molecule has 0 atom stereocenters. The molecule has 0 saturated heterocycles. The van der Waals surface area contributed by atoms with Crippen LogP contribution in [-0.4, -0.2) is 4.92 Å². The molecule has 6 heteroatoms. The van der Waals surface area contributed by atoms with Gasteiger partial charge in [-0.1, -0.05) is 11.6 Å². The highest BCUT2D eigenvalue weighted by atomic mass is 127. The molecule has 0 aliphatic carbocycles. The maximum atomic E-state index is 12.6. The average Bonchev–Trinajstić information content (AvgIpc) is 1.96. The van der Waals surface area contributed by atoms with Crippen LogP contribution in [0, 0.1) is 19.5 Å². The zero-order valence-corrected chi connectivity index (χ0v) is 8.47. The molecule has 1 aromatic rings. The number of benzene rings is 1. The van der Waals surface area contributed by atoms with E-state index >= 15 is 0 Å². The van der Waals surface area contributed by atoms with Crippen molar-refractivity contribution in [2.45, 2.75) is 0 Å². The molecule has 0 fully saturated rings. The third-order valence-electron chi connectivity index (χ3n) is 1.17. The van der Waals surface area contributed by atoms with Gasteiger partial charge in [-0.15, -0.1) is 0 Å². The maximum Gasteiger partial charge on any atom is 0.291 e. The maximum absolute atomic E-state index is 12.6. The van der Waals surface area contributed by atoms with E-state index in [4.69, 9.17) is 11.6 Å². The van der Waals surface area contributed by atoms with Gasteiger partial charge >= 0.3 is 0 Å². The van der Waals surface area contributed by atoms with Crippen LogP contribution in [0.15, 0.2) is 12.1 Å². The van der Waals surface area contributed by atoms with Crippen molar-refractivity contribution < 1.29 is 9.31 Å². The molecule has 0 aliphatic heterocycles. The normalized spacial score (nSPS) is 9.92. The quantitative estimate of drug-likeness (QED) is 0.346. The molecule has 0 aliphatic rings.